The lowest BCUT2D eigenvalue weighted by molar-refractivity contribution is -0.123. The molecule has 0 saturated heterocycles. The standard InChI is InChI=1S/C20H21ClN2O6/c1-3-28-18-15(21)9-14(10-16(18)27-2)19(25)29-12-17(24)23-20(26)22-11-13-7-5-4-6-8-13/h4-10H,3,11-12H2,1-2H3,(H2,22,23,24,26). The van der Waals surface area contributed by atoms with Crippen molar-refractivity contribution < 1.29 is 28.6 Å². The SMILES string of the molecule is CCOc1c(Cl)cc(C(=O)OCC(=O)NC(=O)NCc2ccccc2)cc1OC. The summed E-state index contributed by atoms with van der Waals surface area (Å²) >= 11 is 6.11. The van der Waals surface area contributed by atoms with E-state index >= 15 is 0 Å². The Morgan fingerprint density at radius 2 is 1.83 bits per heavy atom. The number of urea groups is 1. The van der Waals surface area contributed by atoms with Gasteiger partial charge in [-0.3, -0.25) is 10.1 Å². The Morgan fingerprint density at radius 1 is 1.10 bits per heavy atom. The van der Waals surface area contributed by atoms with Gasteiger partial charge in [0.2, 0.25) is 0 Å². The highest BCUT2D eigenvalue weighted by Gasteiger charge is 2.18. The molecule has 0 atom stereocenters. The van der Waals surface area contributed by atoms with Crippen LogP contribution in [-0.4, -0.2) is 38.2 Å². The van der Waals surface area contributed by atoms with Crippen molar-refractivity contribution >= 4 is 29.5 Å². The minimum Gasteiger partial charge on any atom is -0.493 e. The van der Waals surface area contributed by atoms with Gasteiger partial charge in [0, 0.05) is 6.54 Å². The summed E-state index contributed by atoms with van der Waals surface area (Å²) in [5.74, 6) is -1.00. The molecule has 0 bridgehead atoms. The Kier molecular flexibility index (Phi) is 8.29. The Balaban J connectivity index is 1.85. The number of amides is 3. The molecular weight excluding hydrogens is 400 g/mol. The fourth-order valence-electron chi connectivity index (χ4n) is 2.32. The van der Waals surface area contributed by atoms with Gasteiger partial charge in [-0.05, 0) is 24.6 Å². The molecule has 0 aromatic heterocycles. The van der Waals surface area contributed by atoms with Crippen molar-refractivity contribution in [1.82, 2.24) is 10.6 Å². The summed E-state index contributed by atoms with van der Waals surface area (Å²) in [6, 6.07) is 11.2. The van der Waals surface area contributed by atoms with E-state index in [0.29, 0.717) is 12.4 Å². The summed E-state index contributed by atoms with van der Waals surface area (Å²) in [6.45, 7) is 1.77. The largest absolute Gasteiger partial charge is 0.493 e. The highest BCUT2D eigenvalue weighted by Crippen LogP contribution is 2.36. The molecular formula is C20H21ClN2O6. The zero-order valence-electron chi connectivity index (χ0n) is 16.0. The van der Waals surface area contributed by atoms with E-state index in [9.17, 15) is 14.4 Å². The number of hydrogen-bond acceptors (Lipinski definition) is 6. The maximum atomic E-state index is 12.2. The van der Waals surface area contributed by atoms with Crippen molar-refractivity contribution in [2.24, 2.45) is 0 Å². The molecule has 0 unspecified atom stereocenters. The molecule has 2 rings (SSSR count). The van der Waals surface area contributed by atoms with Gasteiger partial charge < -0.3 is 19.5 Å². The van der Waals surface area contributed by atoms with Gasteiger partial charge in [-0.2, -0.15) is 0 Å². The average molecular weight is 421 g/mol. The van der Waals surface area contributed by atoms with E-state index in [1.807, 2.05) is 30.3 Å². The summed E-state index contributed by atoms with van der Waals surface area (Å²) in [5, 5.41) is 4.78. The number of methoxy groups -OCH3 is 1. The molecule has 0 aliphatic heterocycles. The summed E-state index contributed by atoms with van der Waals surface area (Å²) in [4.78, 5) is 35.7. The van der Waals surface area contributed by atoms with Gasteiger partial charge in [-0.15, -0.1) is 0 Å². The number of hydrogen-bond donors (Lipinski definition) is 2. The van der Waals surface area contributed by atoms with Gasteiger partial charge in [-0.25, -0.2) is 9.59 Å². The molecule has 0 fully saturated rings. The van der Waals surface area contributed by atoms with Crippen LogP contribution in [0, 0.1) is 0 Å². The Bertz CT molecular complexity index is 873. The van der Waals surface area contributed by atoms with E-state index in [-0.39, 0.29) is 22.9 Å². The normalized spacial score (nSPS) is 10.0. The van der Waals surface area contributed by atoms with E-state index < -0.39 is 24.5 Å². The maximum Gasteiger partial charge on any atom is 0.338 e. The highest BCUT2D eigenvalue weighted by atomic mass is 35.5. The van der Waals surface area contributed by atoms with E-state index in [1.165, 1.54) is 19.2 Å². The first kappa shape index (κ1) is 22.0. The first-order chi connectivity index (χ1) is 13.9. The van der Waals surface area contributed by atoms with Crippen LogP contribution in [0.25, 0.3) is 0 Å². The molecule has 0 radical (unpaired) electrons. The van der Waals surface area contributed by atoms with Gasteiger partial charge in [-0.1, -0.05) is 41.9 Å². The molecule has 154 valence electrons. The van der Waals surface area contributed by atoms with Crippen LogP contribution in [0.15, 0.2) is 42.5 Å². The second kappa shape index (κ2) is 10.9. The first-order valence-electron chi connectivity index (χ1n) is 8.73. The number of nitrogens with one attached hydrogen (secondary N) is 2. The summed E-state index contributed by atoms with van der Waals surface area (Å²) in [5.41, 5.74) is 0.958. The van der Waals surface area contributed by atoms with Crippen LogP contribution in [0.5, 0.6) is 11.5 Å². The topological polar surface area (TPSA) is 103 Å². The molecule has 2 N–H and O–H groups in total. The number of benzene rings is 2. The minimum absolute atomic E-state index is 0.0802. The van der Waals surface area contributed by atoms with Crippen LogP contribution >= 0.6 is 11.6 Å². The number of ether oxygens (including phenoxy) is 3. The number of rotatable bonds is 8. The molecule has 0 spiro atoms. The van der Waals surface area contributed by atoms with Gasteiger partial charge in [0.05, 0.1) is 24.3 Å². The molecule has 29 heavy (non-hydrogen) atoms. The molecule has 0 saturated carbocycles. The van der Waals surface area contributed by atoms with Gasteiger partial charge in [0.25, 0.3) is 5.91 Å². The van der Waals surface area contributed by atoms with Crippen molar-refractivity contribution in [1.29, 1.82) is 0 Å². The van der Waals surface area contributed by atoms with Crippen LogP contribution in [-0.2, 0) is 16.1 Å². The summed E-state index contributed by atoms with van der Waals surface area (Å²) in [6.07, 6.45) is 0. The Hall–Kier alpha value is -3.26. The maximum absolute atomic E-state index is 12.2. The van der Waals surface area contributed by atoms with Crippen LogP contribution in [0.3, 0.4) is 0 Å². The van der Waals surface area contributed by atoms with E-state index in [0.717, 1.165) is 5.56 Å². The highest BCUT2D eigenvalue weighted by molar-refractivity contribution is 6.32. The lowest BCUT2D eigenvalue weighted by Gasteiger charge is -2.13. The number of esters is 1. The molecule has 0 aliphatic rings. The monoisotopic (exact) mass is 420 g/mol. The smallest absolute Gasteiger partial charge is 0.338 e. The zero-order valence-corrected chi connectivity index (χ0v) is 16.7. The third-order valence-electron chi connectivity index (χ3n) is 3.64. The van der Waals surface area contributed by atoms with Crippen LogP contribution < -0.4 is 20.1 Å². The van der Waals surface area contributed by atoms with Gasteiger partial charge in [0.15, 0.2) is 18.1 Å². The van der Waals surface area contributed by atoms with Crippen molar-refractivity contribution in [3.63, 3.8) is 0 Å². The van der Waals surface area contributed by atoms with Crippen LogP contribution in [0.1, 0.15) is 22.8 Å². The molecule has 0 heterocycles. The fraction of sp³-hybridized carbons (Fsp3) is 0.250. The molecule has 3 amide bonds. The Morgan fingerprint density at radius 3 is 2.48 bits per heavy atom. The number of carbonyl (C=O) groups is 3. The van der Waals surface area contributed by atoms with Crippen molar-refractivity contribution in [3.8, 4) is 11.5 Å². The lowest BCUT2D eigenvalue weighted by atomic mass is 10.2. The quantitative estimate of drug-likeness (QED) is 0.636. The van der Waals surface area contributed by atoms with Crippen molar-refractivity contribution in [2.45, 2.75) is 13.5 Å². The molecule has 8 nitrogen and oxygen atoms in total. The fourth-order valence-corrected chi connectivity index (χ4v) is 2.59. The third-order valence-corrected chi connectivity index (χ3v) is 3.92. The number of halogens is 1. The molecule has 2 aromatic rings. The molecule has 9 heteroatoms. The second-order valence-electron chi connectivity index (χ2n) is 5.72. The van der Waals surface area contributed by atoms with E-state index in [2.05, 4.69) is 10.6 Å². The predicted molar refractivity (Wildman–Crippen MR) is 106 cm³/mol. The van der Waals surface area contributed by atoms with Crippen molar-refractivity contribution in [3.05, 3.63) is 58.6 Å². The second-order valence-corrected chi connectivity index (χ2v) is 6.12. The van der Waals surface area contributed by atoms with E-state index in [4.69, 9.17) is 25.8 Å². The minimum atomic E-state index is -0.798. The van der Waals surface area contributed by atoms with Crippen LogP contribution in [0.4, 0.5) is 4.79 Å². The lowest BCUT2D eigenvalue weighted by Crippen LogP contribution is -2.41. The van der Waals surface area contributed by atoms with Crippen molar-refractivity contribution in [2.75, 3.05) is 20.3 Å². The first-order valence-corrected chi connectivity index (χ1v) is 9.11. The number of carbonyl (C=O) groups excluding carboxylic acids is 3. The molecule has 0 aliphatic carbocycles. The van der Waals surface area contributed by atoms with Gasteiger partial charge >= 0.3 is 12.0 Å². The number of imide groups is 1. The summed E-state index contributed by atoms with van der Waals surface area (Å²) < 4.78 is 15.5. The zero-order chi connectivity index (χ0) is 21.2. The third kappa shape index (κ3) is 6.69. The summed E-state index contributed by atoms with van der Waals surface area (Å²) in [7, 11) is 1.41. The Labute approximate surface area is 173 Å². The van der Waals surface area contributed by atoms with E-state index in [1.54, 1.807) is 6.92 Å². The predicted octanol–water partition coefficient (Wildman–Crippen LogP) is 2.93. The van der Waals surface area contributed by atoms with Gasteiger partial charge in [0.1, 0.15) is 0 Å². The molecule has 2 aromatic carbocycles. The average Bonchev–Trinajstić information content (AvgIpc) is 2.72. The van der Waals surface area contributed by atoms with Crippen LogP contribution in [0.2, 0.25) is 5.02 Å².